The Morgan fingerprint density at radius 2 is 1.28 bits per heavy atom. The van der Waals surface area contributed by atoms with Gasteiger partial charge in [-0.15, -0.1) is 6.58 Å². The molecular weight excluding hydrogens is 304 g/mol. The van der Waals surface area contributed by atoms with Crippen LogP contribution in [0.3, 0.4) is 0 Å². The van der Waals surface area contributed by atoms with E-state index in [2.05, 4.69) is 20.4 Å². The zero-order valence-electron chi connectivity index (χ0n) is 17.0. The van der Waals surface area contributed by atoms with E-state index >= 15 is 0 Å². The van der Waals surface area contributed by atoms with E-state index < -0.39 is 0 Å². The Morgan fingerprint density at radius 3 is 1.84 bits per heavy atom. The molecular formula is C24H42O. The average Bonchev–Trinajstić information content (AvgIpc) is 2.62. The molecule has 25 heavy (non-hydrogen) atoms. The molecule has 3 aliphatic carbocycles. The Labute approximate surface area is 157 Å². The normalized spacial score (nSPS) is 39.9. The van der Waals surface area contributed by atoms with Gasteiger partial charge in [0.2, 0.25) is 0 Å². The fourth-order valence-electron chi connectivity index (χ4n) is 5.85. The molecule has 0 radical (unpaired) electrons. The van der Waals surface area contributed by atoms with Crippen molar-refractivity contribution in [2.75, 3.05) is 6.61 Å². The van der Waals surface area contributed by atoms with Crippen molar-refractivity contribution in [2.24, 2.45) is 29.6 Å². The second kappa shape index (κ2) is 9.58. The molecule has 0 unspecified atom stereocenters. The van der Waals surface area contributed by atoms with Crippen LogP contribution < -0.4 is 0 Å². The zero-order chi connectivity index (χ0) is 17.6. The summed E-state index contributed by atoms with van der Waals surface area (Å²) in [4.78, 5) is 0. The largest absolute Gasteiger partial charge is 0.378 e. The molecule has 0 saturated heterocycles. The summed E-state index contributed by atoms with van der Waals surface area (Å²) in [5, 5.41) is 0. The quantitative estimate of drug-likeness (QED) is 0.463. The molecule has 1 heteroatoms. The Morgan fingerprint density at radius 1 is 0.760 bits per heavy atom. The van der Waals surface area contributed by atoms with E-state index in [0.717, 1.165) is 36.2 Å². The molecule has 0 aromatic heterocycles. The van der Waals surface area contributed by atoms with E-state index in [9.17, 15) is 0 Å². The van der Waals surface area contributed by atoms with Gasteiger partial charge in [-0.3, -0.25) is 0 Å². The maximum Gasteiger partial charge on any atom is 0.0575 e. The van der Waals surface area contributed by atoms with Crippen molar-refractivity contribution in [2.45, 2.75) is 103 Å². The number of allylic oxidation sites excluding steroid dienone is 1. The van der Waals surface area contributed by atoms with Crippen LogP contribution in [-0.2, 0) is 4.74 Å². The average molecular weight is 347 g/mol. The van der Waals surface area contributed by atoms with Crippen molar-refractivity contribution in [3.63, 3.8) is 0 Å². The predicted octanol–water partition coefficient (Wildman–Crippen LogP) is 7.16. The highest BCUT2D eigenvalue weighted by Gasteiger charge is 2.31. The molecule has 0 spiro atoms. The van der Waals surface area contributed by atoms with Crippen LogP contribution in [0.5, 0.6) is 0 Å². The topological polar surface area (TPSA) is 9.23 Å². The summed E-state index contributed by atoms with van der Waals surface area (Å²) in [6.45, 7) is 9.76. The van der Waals surface area contributed by atoms with Gasteiger partial charge in [-0.2, -0.15) is 0 Å². The molecule has 0 bridgehead atoms. The molecule has 1 nitrogen and oxygen atoms in total. The fraction of sp³-hybridized carbons (Fsp3) is 0.917. The highest BCUT2D eigenvalue weighted by molar-refractivity contribution is 4.92. The number of ether oxygens (including phenoxy) is 1. The Hall–Kier alpha value is -0.300. The van der Waals surface area contributed by atoms with E-state index in [1.54, 1.807) is 0 Å². The molecule has 0 aliphatic heterocycles. The summed E-state index contributed by atoms with van der Waals surface area (Å²) in [6.07, 6.45) is 18.9. The third-order valence-electron chi connectivity index (χ3n) is 7.62. The smallest absolute Gasteiger partial charge is 0.0575 e. The number of rotatable bonds is 6. The van der Waals surface area contributed by atoms with Gasteiger partial charge in [0.15, 0.2) is 0 Å². The van der Waals surface area contributed by atoms with Crippen LogP contribution in [0.15, 0.2) is 12.2 Å². The van der Waals surface area contributed by atoms with Gasteiger partial charge in [0.05, 0.1) is 6.10 Å². The first-order valence-corrected chi connectivity index (χ1v) is 11.4. The third kappa shape index (κ3) is 6.12. The molecule has 0 heterocycles. The maximum atomic E-state index is 6.34. The zero-order valence-corrected chi connectivity index (χ0v) is 17.0. The fourth-order valence-corrected chi connectivity index (χ4v) is 5.85. The minimum atomic E-state index is 0.579. The van der Waals surface area contributed by atoms with Gasteiger partial charge in [0.25, 0.3) is 0 Å². The lowest BCUT2D eigenvalue weighted by Gasteiger charge is -2.38. The lowest BCUT2D eigenvalue weighted by molar-refractivity contribution is -0.0165. The summed E-state index contributed by atoms with van der Waals surface area (Å²) in [5.74, 6) is 4.77. The van der Waals surface area contributed by atoms with E-state index in [1.807, 2.05) is 0 Å². The summed E-state index contributed by atoms with van der Waals surface area (Å²) >= 11 is 0. The van der Waals surface area contributed by atoms with Crippen LogP contribution in [0.2, 0.25) is 0 Å². The van der Waals surface area contributed by atoms with Crippen molar-refractivity contribution < 1.29 is 4.74 Å². The first kappa shape index (κ1) is 19.5. The van der Waals surface area contributed by atoms with Crippen LogP contribution >= 0.6 is 0 Å². The van der Waals surface area contributed by atoms with Gasteiger partial charge < -0.3 is 4.74 Å². The number of hydrogen-bond donors (Lipinski definition) is 0. The van der Waals surface area contributed by atoms with E-state index in [1.165, 1.54) is 89.0 Å². The molecule has 0 amide bonds. The van der Waals surface area contributed by atoms with E-state index in [-0.39, 0.29) is 0 Å². The van der Waals surface area contributed by atoms with Gasteiger partial charge in [-0.25, -0.2) is 0 Å². The summed E-state index contributed by atoms with van der Waals surface area (Å²) in [7, 11) is 0. The minimum absolute atomic E-state index is 0.579. The second-order valence-electron chi connectivity index (χ2n) is 9.94. The van der Waals surface area contributed by atoms with Crippen LogP contribution in [0.25, 0.3) is 0 Å². The monoisotopic (exact) mass is 346 g/mol. The molecule has 3 aliphatic rings. The molecule has 0 N–H and O–H groups in total. The Bertz CT molecular complexity index is 390. The van der Waals surface area contributed by atoms with Crippen molar-refractivity contribution in [1.82, 2.24) is 0 Å². The molecule has 3 fully saturated rings. The minimum Gasteiger partial charge on any atom is -0.378 e. The van der Waals surface area contributed by atoms with Crippen molar-refractivity contribution in [1.29, 1.82) is 0 Å². The summed E-state index contributed by atoms with van der Waals surface area (Å²) in [6, 6.07) is 0. The highest BCUT2D eigenvalue weighted by Crippen LogP contribution is 2.42. The van der Waals surface area contributed by atoms with E-state index in [4.69, 9.17) is 4.74 Å². The SMILES string of the molecule is C=C(C)CC1CCC(C2CCC(OCC3CCC(C)CC3)CC2)CC1. The van der Waals surface area contributed by atoms with Gasteiger partial charge in [-0.1, -0.05) is 25.3 Å². The lowest BCUT2D eigenvalue weighted by atomic mass is 9.70. The molecule has 3 saturated carbocycles. The van der Waals surface area contributed by atoms with Gasteiger partial charge in [-0.05, 0) is 107 Å². The first-order valence-electron chi connectivity index (χ1n) is 11.4. The van der Waals surface area contributed by atoms with Crippen molar-refractivity contribution in [3.8, 4) is 0 Å². The highest BCUT2D eigenvalue weighted by atomic mass is 16.5. The van der Waals surface area contributed by atoms with Crippen LogP contribution in [0, 0.1) is 29.6 Å². The second-order valence-corrected chi connectivity index (χ2v) is 9.94. The van der Waals surface area contributed by atoms with Gasteiger partial charge in [0, 0.05) is 6.61 Å². The molecule has 3 rings (SSSR count). The summed E-state index contributed by atoms with van der Waals surface area (Å²) < 4.78 is 6.34. The van der Waals surface area contributed by atoms with Gasteiger partial charge >= 0.3 is 0 Å². The van der Waals surface area contributed by atoms with Crippen LogP contribution in [0.4, 0.5) is 0 Å². The van der Waals surface area contributed by atoms with Crippen molar-refractivity contribution >= 4 is 0 Å². The molecule has 144 valence electrons. The molecule has 0 atom stereocenters. The third-order valence-corrected chi connectivity index (χ3v) is 7.62. The Kier molecular flexibility index (Phi) is 7.46. The maximum absolute atomic E-state index is 6.34. The standard InChI is InChI=1S/C24H42O/c1-18(2)16-20-8-10-22(11-9-20)23-12-14-24(15-13-23)25-17-21-6-4-19(3)5-7-21/h19-24H,1,4-17H2,2-3H3. The number of hydrogen-bond acceptors (Lipinski definition) is 1. The van der Waals surface area contributed by atoms with Gasteiger partial charge in [0.1, 0.15) is 0 Å². The van der Waals surface area contributed by atoms with Crippen LogP contribution in [0.1, 0.15) is 97.3 Å². The molecule has 0 aromatic carbocycles. The van der Waals surface area contributed by atoms with Crippen LogP contribution in [-0.4, -0.2) is 12.7 Å². The lowest BCUT2D eigenvalue weighted by Crippen LogP contribution is -2.30. The summed E-state index contributed by atoms with van der Waals surface area (Å²) in [5.41, 5.74) is 1.38. The molecule has 0 aromatic rings. The van der Waals surface area contributed by atoms with E-state index in [0.29, 0.717) is 6.10 Å². The first-order chi connectivity index (χ1) is 12.1. The Balaban J connectivity index is 1.30. The predicted molar refractivity (Wildman–Crippen MR) is 108 cm³/mol. The van der Waals surface area contributed by atoms with Crippen molar-refractivity contribution in [3.05, 3.63) is 12.2 Å².